The van der Waals surface area contributed by atoms with Crippen LogP contribution in [0.5, 0.6) is 5.75 Å². The maximum atomic E-state index is 13.6. The van der Waals surface area contributed by atoms with E-state index in [-0.39, 0.29) is 41.5 Å². The summed E-state index contributed by atoms with van der Waals surface area (Å²) in [5.41, 5.74) is 0.252. The van der Waals surface area contributed by atoms with Crippen LogP contribution in [0.2, 0.25) is 0 Å². The van der Waals surface area contributed by atoms with E-state index in [2.05, 4.69) is 10.6 Å². The van der Waals surface area contributed by atoms with E-state index in [1.165, 1.54) is 25.3 Å². The molecule has 0 aliphatic carbocycles. The predicted molar refractivity (Wildman–Crippen MR) is 91.1 cm³/mol. The summed E-state index contributed by atoms with van der Waals surface area (Å²) < 4.78 is 18.6. The van der Waals surface area contributed by atoms with Gasteiger partial charge in [-0.25, -0.2) is 4.39 Å². The highest BCUT2D eigenvalue weighted by atomic mass is 19.1. The Bertz CT molecular complexity index is 724. The first-order valence-electron chi connectivity index (χ1n) is 8.64. The minimum Gasteiger partial charge on any atom is -0.497 e. The molecule has 0 bridgehead atoms. The molecule has 26 heavy (non-hydrogen) atoms. The van der Waals surface area contributed by atoms with Crippen molar-refractivity contribution in [1.29, 1.82) is 0 Å². The molecule has 8 heteroatoms. The lowest BCUT2D eigenvalue weighted by Crippen LogP contribution is -2.36. The summed E-state index contributed by atoms with van der Waals surface area (Å²) in [5, 5.41) is 5.50. The number of carbonyl (C=O) groups excluding carboxylic acids is 3. The first-order chi connectivity index (χ1) is 12.5. The van der Waals surface area contributed by atoms with Gasteiger partial charge in [0.05, 0.1) is 13.0 Å². The fourth-order valence-corrected chi connectivity index (χ4v) is 3.35. The number of rotatable bonds is 5. The predicted octanol–water partition coefficient (Wildman–Crippen LogP) is 0.549. The first-order valence-corrected chi connectivity index (χ1v) is 8.64. The molecule has 3 amide bonds. The number of methoxy groups -OCH3 is 1. The van der Waals surface area contributed by atoms with E-state index < -0.39 is 5.82 Å². The van der Waals surface area contributed by atoms with Gasteiger partial charge in [-0.05, 0) is 24.5 Å². The van der Waals surface area contributed by atoms with Crippen molar-refractivity contribution in [2.75, 3.05) is 33.3 Å². The maximum Gasteiger partial charge on any atom is 0.254 e. The van der Waals surface area contributed by atoms with Crippen molar-refractivity contribution in [2.45, 2.75) is 12.8 Å². The van der Waals surface area contributed by atoms with Gasteiger partial charge in [0.15, 0.2) is 0 Å². The van der Waals surface area contributed by atoms with Crippen LogP contribution in [0.15, 0.2) is 18.2 Å². The Balaban J connectivity index is 1.52. The van der Waals surface area contributed by atoms with Gasteiger partial charge in [-0.2, -0.15) is 0 Å². The van der Waals surface area contributed by atoms with Gasteiger partial charge in [0.2, 0.25) is 11.8 Å². The lowest BCUT2D eigenvalue weighted by molar-refractivity contribution is -0.126. The van der Waals surface area contributed by atoms with Crippen LogP contribution in [0.25, 0.3) is 0 Å². The monoisotopic (exact) mass is 363 g/mol. The van der Waals surface area contributed by atoms with Crippen molar-refractivity contribution in [3.05, 3.63) is 29.6 Å². The quantitative estimate of drug-likeness (QED) is 0.800. The average molecular weight is 363 g/mol. The molecule has 1 aromatic rings. The molecular formula is C18H22FN3O4. The number of ether oxygens (including phenoxy) is 1. The van der Waals surface area contributed by atoms with Gasteiger partial charge in [0.25, 0.3) is 5.91 Å². The third kappa shape index (κ3) is 4.12. The number of hydrogen-bond donors (Lipinski definition) is 2. The molecule has 7 nitrogen and oxygen atoms in total. The molecule has 0 aromatic heterocycles. The third-order valence-corrected chi connectivity index (χ3v) is 4.84. The van der Waals surface area contributed by atoms with Crippen molar-refractivity contribution in [3.63, 3.8) is 0 Å². The van der Waals surface area contributed by atoms with Crippen LogP contribution in [0.4, 0.5) is 4.39 Å². The highest BCUT2D eigenvalue weighted by molar-refractivity contribution is 5.95. The van der Waals surface area contributed by atoms with E-state index in [1.807, 2.05) is 0 Å². The number of nitrogens with one attached hydrogen (secondary N) is 2. The lowest BCUT2D eigenvalue weighted by atomic mass is 10.1. The zero-order valence-electron chi connectivity index (χ0n) is 14.6. The SMILES string of the molecule is COc1cc(F)cc(C(=O)N2CCC(CNC(=O)C3CNC(=O)C3)C2)c1. The van der Waals surface area contributed by atoms with Gasteiger partial charge in [0.1, 0.15) is 11.6 Å². The molecule has 1 aromatic carbocycles. The number of nitrogens with zero attached hydrogens (tertiary/aromatic N) is 1. The number of amides is 3. The molecule has 2 aliphatic heterocycles. The Kier molecular flexibility index (Phi) is 5.39. The maximum absolute atomic E-state index is 13.6. The summed E-state index contributed by atoms with van der Waals surface area (Å²) >= 11 is 0. The van der Waals surface area contributed by atoms with Crippen LogP contribution in [0, 0.1) is 17.7 Å². The van der Waals surface area contributed by atoms with E-state index in [1.54, 1.807) is 4.90 Å². The van der Waals surface area contributed by atoms with Gasteiger partial charge in [-0.15, -0.1) is 0 Å². The third-order valence-electron chi connectivity index (χ3n) is 4.84. The molecule has 2 N–H and O–H groups in total. The molecule has 140 valence electrons. The molecule has 2 saturated heterocycles. The van der Waals surface area contributed by atoms with Crippen LogP contribution in [0.1, 0.15) is 23.2 Å². The van der Waals surface area contributed by atoms with Gasteiger partial charge in [-0.1, -0.05) is 0 Å². The van der Waals surface area contributed by atoms with Crippen LogP contribution in [-0.2, 0) is 9.59 Å². The van der Waals surface area contributed by atoms with E-state index in [4.69, 9.17) is 4.74 Å². The average Bonchev–Trinajstić information content (AvgIpc) is 3.27. The summed E-state index contributed by atoms with van der Waals surface area (Å²) in [4.78, 5) is 37.4. The van der Waals surface area contributed by atoms with Crippen molar-refractivity contribution in [3.8, 4) is 5.75 Å². The number of halogens is 1. The van der Waals surface area contributed by atoms with Crippen molar-refractivity contribution >= 4 is 17.7 Å². The van der Waals surface area contributed by atoms with Gasteiger partial charge in [0, 0.05) is 44.2 Å². The van der Waals surface area contributed by atoms with Gasteiger partial charge >= 0.3 is 0 Å². The molecule has 3 rings (SSSR count). The van der Waals surface area contributed by atoms with E-state index in [0.717, 1.165) is 6.42 Å². The van der Waals surface area contributed by atoms with Crippen LogP contribution in [0.3, 0.4) is 0 Å². The minimum absolute atomic E-state index is 0.103. The molecule has 0 saturated carbocycles. The smallest absolute Gasteiger partial charge is 0.254 e. The fourth-order valence-electron chi connectivity index (χ4n) is 3.35. The Labute approximate surface area is 150 Å². The van der Waals surface area contributed by atoms with Crippen molar-refractivity contribution in [2.24, 2.45) is 11.8 Å². The number of carbonyl (C=O) groups is 3. The minimum atomic E-state index is -0.518. The van der Waals surface area contributed by atoms with Gasteiger partial charge in [-0.3, -0.25) is 14.4 Å². The topological polar surface area (TPSA) is 87.7 Å². The molecule has 2 heterocycles. The number of likely N-dealkylation sites (tertiary alicyclic amines) is 1. The molecule has 0 radical (unpaired) electrons. The van der Waals surface area contributed by atoms with Gasteiger partial charge < -0.3 is 20.3 Å². The zero-order valence-corrected chi connectivity index (χ0v) is 14.6. The second-order valence-electron chi connectivity index (χ2n) is 6.74. The molecule has 2 atom stereocenters. The van der Waals surface area contributed by atoms with Crippen molar-refractivity contribution in [1.82, 2.24) is 15.5 Å². The number of hydrogen-bond acceptors (Lipinski definition) is 4. The normalized spacial score (nSPS) is 22.2. The Hall–Kier alpha value is -2.64. The Morgan fingerprint density at radius 3 is 2.88 bits per heavy atom. The van der Waals surface area contributed by atoms with Crippen LogP contribution >= 0.6 is 0 Å². The molecule has 2 unspecified atom stereocenters. The summed E-state index contributed by atoms with van der Waals surface area (Å²) in [7, 11) is 1.42. The Morgan fingerprint density at radius 2 is 2.19 bits per heavy atom. The highest BCUT2D eigenvalue weighted by Crippen LogP contribution is 2.22. The van der Waals surface area contributed by atoms with Crippen molar-refractivity contribution < 1.29 is 23.5 Å². The van der Waals surface area contributed by atoms with E-state index in [0.29, 0.717) is 31.9 Å². The molecule has 2 aliphatic rings. The van der Waals surface area contributed by atoms with E-state index >= 15 is 0 Å². The largest absolute Gasteiger partial charge is 0.497 e. The van der Waals surface area contributed by atoms with Crippen LogP contribution < -0.4 is 15.4 Å². The van der Waals surface area contributed by atoms with Crippen LogP contribution in [-0.4, -0.2) is 55.9 Å². The summed E-state index contributed by atoms with van der Waals surface area (Å²) in [5.74, 6) is -0.880. The first kappa shape index (κ1) is 18.2. The lowest BCUT2D eigenvalue weighted by Gasteiger charge is -2.18. The molecule has 0 spiro atoms. The highest BCUT2D eigenvalue weighted by Gasteiger charge is 2.30. The standard InChI is InChI=1S/C18H22FN3O4/c1-26-15-5-12(4-14(19)7-15)18(25)22-3-2-11(10-22)8-21-17(24)13-6-16(23)20-9-13/h4-5,7,11,13H,2-3,6,8-10H2,1H3,(H,20,23)(H,21,24). The van der Waals surface area contributed by atoms with E-state index in [9.17, 15) is 18.8 Å². The summed E-state index contributed by atoms with van der Waals surface area (Å²) in [6.45, 7) is 1.89. The fraction of sp³-hybridized carbons (Fsp3) is 0.500. The second kappa shape index (κ2) is 7.72. The Morgan fingerprint density at radius 1 is 1.38 bits per heavy atom. The molecular weight excluding hydrogens is 341 g/mol. The summed E-state index contributed by atoms with van der Waals surface area (Å²) in [6.07, 6.45) is 0.989. The zero-order chi connectivity index (χ0) is 18.7. The summed E-state index contributed by atoms with van der Waals surface area (Å²) in [6, 6.07) is 3.94. The number of benzene rings is 1. The molecule has 2 fully saturated rings. The second-order valence-corrected chi connectivity index (χ2v) is 6.74.